The van der Waals surface area contributed by atoms with E-state index in [1.165, 1.54) is 0 Å². The van der Waals surface area contributed by atoms with E-state index in [0.29, 0.717) is 29.9 Å². The highest BCUT2D eigenvalue weighted by Gasteiger charge is 2.33. The third-order valence-electron chi connectivity index (χ3n) is 4.34. The lowest BCUT2D eigenvalue weighted by molar-refractivity contribution is 0.136. The van der Waals surface area contributed by atoms with Gasteiger partial charge in [0.25, 0.3) is 4.84 Å². The molecule has 3 rings (SSSR count). The molecule has 1 aromatic heterocycles. The summed E-state index contributed by atoms with van der Waals surface area (Å²) in [6.45, 7) is 5.40. The van der Waals surface area contributed by atoms with Gasteiger partial charge in [-0.15, -0.1) is 5.10 Å². The molecule has 0 bridgehead atoms. The third kappa shape index (κ3) is 4.73. The van der Waals surface area contributed by atoms with Gasteiger partial charge >= 0.3 is 0 Å². The van der Waals surface area contributed by atoms with Gasteiger partial charge in [-0.05, 0) is 48.8 Å². The van der Waals surface area contributed by atoms with Gasteiger partial charge in [0.1, 0.15) is 0 Å². The predicted octanol–water partition coefficient (Wildman–Crippen LogP) is 3.63. The minimum Gasteiger partial charge on any atom is -0.409 e. The molecule has 0 radical (unpaired) electrons. The van der Waals surface area contributed by atoms with Crippen molar-refractivity contribution in [2.45, 2.75) is 33.0 Å². The number of benzene rings is 1. The van der Waals surface area contributed by atoms with Gasteiger partial charge in [0.15, 0.2) is 9.84 Å². The molecule has 0 aliphatic carbocycles. The Morgan fingerprint density at radius 3 is 2.65 bits per heavy atom. The van der Waals surface area contributed by atoms with Gasteiger partial charge in [0.05, 0.1) is 18.2 Å². The van der Waals surface area contributed by atoms with Gasteiger partial charge in [-0.1, -0.05) is 25.4 Å². The molecule has 1 aliphatic heterocycles. The van der Waals surface area contributed by atoms with Gasteiger partial charge in [0, 0.05) is 23.2 Å². The lowest BCUT2D eigenvalue weighted by Gasteiger charge is -2.29. The van der Waals surface area contributed by atoms with E-state index >= 15 is 0 Å². The quantitative estimate of drug-likeness (QED) is 0.671. The number of aromatic nitrogens is 2. The average molecular weight is 416 g/mol. The van der Waals surface area contributed by atoms with Crippen LogP contribution in [0, 0.1) is 10.8 Å². The van der Waals surface area contributed by atoms with Crippen molar-refractivity contribution in [1.82, 2.24) is 14.7 Å². The molecule has 2 heterocycles. The standard InChI is InChI=1S/C17H22ClN3O3S2/c1-12(2)9-20(15-7-8-26(22,23)10-15)11-21-17(25)24-16(19-21)13-3-5-14(18)6-4-13/h3-6,12,15H,7-11H2,1-2H3/t15-/m1/s1. The van der Waals surface area contributed by atoms with E-state index < -0.39 is 9.84 Å². The minimum atomic E-state index is -2.95. The molecule has 2 aromatic rings. The van der Waals surface area contributed by atoms with Crippen molar-refractivity contribution in [3.05, 3.63) is 34.1 Å². The van der Waals surface area contributed by atoms with E-state index in [-0.39, 0.29) is 22.4 Å². The summed E-state index contributed by atoms with van der Waals surface area (Å²) in [5.74, 6) is 1.26. The summed E-state index contributed by atoms with van der Waals surface area (Å²) in [6, 6.07) is 7.16. The van der Waals surface area contributed by atoms with E-state index in [1.54, 1.807) is 16.8 Å². The van der Waals surface area contributed by atoms with E-state index in [2.05, 4.69) is 23.8 Å². The molecule has 1 aliphatic rings. The Bertz CT molecular complexity index is 919. The molecule has 1 fully saturated rings. The van der Waals surface area contributed by atoms with Gasteiger partial charge < -0.3 is 4.42 Å². The van der Waals surface area contributed by atoms with Crippen LogP contribution in [-0.2, 0) is 16.5 Å². The van der Waals surface area contributed by atoms with Crippen molar-refractivity contribution >= 4 is 33.7 Å². The minimum absolute atomic E-state index is 0.0139. The van der Waals surface area contributed by atoms with E-state index in [4.69, 9.17) is 28.2 Å². The Labute approximate surface area is 163 Å². The fourth-order valence-corrected chi connectivity index (χ4v) is 5.20. The van der Waals surface area contributed by atoms with E-state index in [9.17, 15) is 8.42 Å². The Morgan fingerprint density at radius 1 is 1.38 bits per heavy atom. The fourth-order valence-electron chi connectivity index (χ4n) is 3.13. The fraction of sp³-hybridized carbons (Fsp3) is 0.529. The summed E-state index contributed by atoms with van der Waals surface area (Å²) < 4.78 is 31.0. The summed E-state index contributed by atoms with van der Waals surface area (Å²) in [5, 5.41) is 5.11. The maximum absolute atomic E-state index is 11.9. The predicted molar refractivity (Wildman–Crippen MR) is 104 cm³/mol. The molecule has 26 heavy (non-hydrogen) atoms. The zero-order chi connectivity index (χ0) is 18.9. The number of rotatable bonds is 6. The maximum atomic E-state index is 11.9. The molecule has 1 atom stereocenters. The molecule has 142 valence electrons. The average Bonchev–Trinajstić information content (AvgIpc) is 3.10. The molecule has 0 amide bonds. The normalized spacial score (nSPS) is 19.5. The van der Waals surface area contributed by atoms with Crippen LogP contribution in [-0.4, -0.2) is 47.2 Å². The summed E-state index contributed by atoms with van der Waals surface area (Å²) in [6.07, 6.45) is 0.643. The van der Waals surface area contributed by atoms with Crippen LogP contribution >= 0.6 is 23.8 Å². The second-order valence-corrected chi connectivity index (χ2v) is 10.1. The topological polar surface area (TPSA) is 68.3 Å². The van der Waals surface area contributed by atoms with Gasteiger partial charge in [-0.2, -0.15) is 0 Å². The number of hydrogen-bond acceptors (Lipinski definition) is 6. The Morgan fingerprint density at radius 2 is 2.08 bits per heavy atom. The van der Waals surface area contributed by atoms with Crippen molar-refractivity contribution in [1.29, 1.82) is 0 Å². The van der Waals surface area contributed by atoms with Crippen molar-refractivity contribution < 1.29 is 12.8 Å². The zero-order valence-corrected chi connectivity index (χ0v) is 17.1. The lowest BCUT2D eigenvalue weighted by atomic mass is 10.1. The monoisotopic (exact) mass is 415 g/mol. The number of halogens is 1. The van der Waals surface area contributed by atoms with Crippen LogP contribution in [0.5, 0.6) is 0 Å². The van der Waals surface area contributed by atoms with Crippen LogP contribution in [0.4, 0.5) is 0 Å². The molecule has 0 spiro atoms. The molecule has 1 aromatic carbocycles. The first-order valence-corrected chi connectivity index (χ1v) is 11.1. The summed E-state index contributed by atoms with van der Waals surface area (Å²) in [4.78, 5) is 2.41. The van der Waals surface area contributed by atoms with Crippen LogP contribution in [0.25, 0.3) is 11.5 Å². The van der Waals surface area contributed by atoms with E-state index in [1.807, 2.05) is 12.1 Å². The molecular formula is C17H22ClN3O3S2. The molecular weight excluding hydrogens is 394 g/mol. The van der Waals surface area contributed by atoms with Crippen LogP contribution in [0.3, 0.4) is 0 Å². The second kappa shape index (κ2) is 7.80. The molecule has 0 unspecified atom stereocenters. The lowest BCUT2D eigenvalue weighted by Crippen LogP contribution is -2.40. The summed E-state index contributed by atoms with van der Waals surface area (Å²) >= 11 is 11.2. The summed E-state index contributed by atoms with van der Waals surface area (Å²) in [5.41, 5.74) is 0.790. The number of hydrogen-bond donors (Lipinski definition) is 0. The first-order chi connectivity index (χ1) is 12.2. The Kier molecular flexibility index (Phi) is 5.86. The van der Waals surface area contributed by atoms with Crippen molar-refractivity contribution in [2.24, 2.45) is 5.92 Å². The maximum Gasteiger partial charge on any atom is 0.288 e. The van der Waals surface area contributed by atoms with Crippen LogP contribution in [0.2, 0.25) is 5.02 Å². The molecule has 9 heteroatoms. The first-order valence-electron chi connectivity index (χ1n) is 8.52. The van der Waals surface area contributed by atoms with Crippen molar-refractivity contribution in [3.8, 4) is 11.5 Å². The zero-order valence-electron chi connectivity index (χ0n) is 14.8. The highest BCUT2D eigenvalue weighted by atomic mass is 35.5. The number of nitrogens with zero attached hydrogens (tertiary/aromatic N) is 3. The van der Waals surface area contributed by atoms with Gasteiger partial charge in [-0.25, -0.2) is 13.1 Å². The molecule has 6 nitrogen and oxygen atoms in total. The molecule has 0 N–H and O–H groups in total. The number of sulfone groups is 1. The highest BCUT2D eigenvalue weighted by molar-refractivity contribution is 7.91. The second-order valence-electron chi connectivity index (χ2n) is 7.04. The summed E-state index contributed by atoms with van der Waals surface area (Å²) in [7, 11) is -2.95. The first kappa shape index (κ1) is 19.5. The highest BCUT2D eigenvalue weighted by Crippen LogP contribution is 2.23. The third-order valence-corrected chi connectivity index (χ3v) is 6.63. The van der Waals surface area contributed by atoms with Crippen LogP contribution in [0.15, 0.2) is 28.7 Å². The van der Waals surface area contributed by atoms with Gasteiger partial charge in [-0.3, -0.25) is 4.90 Å². The van der Waals surface area contributed by atoms with Crippen molar-refractivity contribution in [2.75, 3.05) is 18.1 Å². The van der Waals surface area contributed by atoms with Gasteiger partial charge in [0.2, 0.25) is 5.89 Å². The Balaban J connectivity index is 1.82. The molecule has 0 saturated carbocycles. The smallest absolute Gasteiger partial charge is 0.288 e. The van der Waals surface area contributed by atoms with Crippen molar-refractivity contribution in [3.63, 3.8) is 0 Å². The van der Waals surface area contributed by atoms with Crippen LogP contribution in [0.1, 0.15) is 20.3 Å². The largest absolute Gasteiger partial charge is 0.409 e. The van der Waals surface area contributed by atoms with Crippen LogP contribution < -0.4 is 0 Å². The Hall–Kier alpha value is -1.22. The SMILES string of the molecule is CC(C)CN(Cn1nc(-c2ccc(Cl)cc2)oc1=S)[C@@H]1CCS(=O)(=O)C1. The molecule has 1 saturated heterocycles. The van der Waals surface area contributed by atoms with E-state index in [0.717, 1.165) is 12.1 Å².